The van der Waals surface area contributed by atoms with Crippen LogP contribution in [-0.4, -0.2) is 32.9 Å². The predicted molar refractivity (Wildman–Crippen MR) is 92.2 cm³/mol. The molecule has 0 radical (unpaired) electrons. The van der Waals surface area contributed by atoms with Crippen molar-refractivity contribution in [3.8, 4) is 17.2 Å². The van der Waals surface area contributed by atoms with Crippen molar-refractivity contribution in [2.75, 3.05) is 20.8 Å². The second-order valence-corrected chi connectivity index (χ2v) is 4.77. The maximum Gasteiger partial charge on any atom is 0.271 e. The van der Waals surface area contributed by atoms with Crippen LogP contribution in [0.15, 0.2) is 47.6 Å². The van der Waals surface area contributed by atoms with Crippen LogP contribution in [0, 0.1) is 0 Å². The average molecular weight is 328 g/mol. The largest absolute Gasteiger partial charge is 0.497 e. The minimum atomic E-state index is -0.299. The van der Waals surface area contributed by atoms with Crippen molar-refractivity contribution >= 4 is 12.1 Å². The van der Waals surface area contributed by atoms with Crippen LogP contribution < -0.4 is 19.6 Å². The fourth-order valence-corrected chi connectivity index (χ4v) is 2.01. The molecule has 0 unspecified atom stereocenters. The topological polar surface area (TPSA) is 69.2 Å². The Bertz CT molecular complexity index is 711. The highest BCUT2D eigenvalue weighted by molar-refractivity contribution is 5.95. The summed E-state index contributed by atoms with van der Waals surface area (Å²) in [4.78, 5) is 12.0. The first kappa shape index (κ1) is 17.3. The molecule has 126 valence electrons. The molecule has 0 aliphatic rings. The maximum atomic E-state index is 12.0. The molecule has 0 heterocycles. The number of nitrogens with one attached hydrogen (secondary N) is 1. The Labute approximate surface area is 141 Å². The van der Waals surface area contributed by atoms with Crippen LogP contribution in [0.3, 0.4) is 0 Å². The summed E-state index contributed by atoms with van der Waals surface area (Å²) in [5.74, 6) is 1.67. The van der Waals surface area contributed by atoms with E-state index in [1.807, 2.05) is 13.0 Å². The number of methoxy groups -OCH3 is 2. The number of carbonyl (C=O) groups excluding carboxylic acids is 1. The normalized spacial score (nSPS) is 10.5. The van der Waals surface area contributed by atoms with Crippen LogP contribution in [0.4, 0.5) is 0 Å². The Hall–Kier alpha value is -3.02. The highest BCUT2D eigenvalue weighted by atomic mass is 16.5. The zero-order chi connectivity index (χ0) is 17.4. The number of hydrazone groups is 1. The summed E-state index contributed by atoms with van der Waals surface area (Å²) in [7, 11) is 3.15. The lowest BCUT2D eigenvalue weighted by Gasteiger charge is -2.09. The molecular weight excluding hydrogens is 308 g/mol. The quantitative estimate of drug-likeness (QED) is 0.627. The fraction of sp³-hybridized carbons (Fsp3) is 0.222. The number of ether oxygens (including phenoxy) is 3. The van der Waals surface area contributed by atoms with Gasteiger partial charge in [0.1, 0.15) is 5.75 Å². The van der Waals surface area contributed by atoms with Crippen LogP contribution in [-0.2, 0) is 0 Å². The molecule has 6 heteroatoms. The van der Waals surface area contributed by atoms with Gasteiger partial charge in [-0.05, 0) is 55.0 Å². The predicted octanol–water partition coefficient (Wildman–Crippen LogP) is 2.87. The van der Waals surface area contributed by atoms with E-state index in [9.17, 15) is 4.79 Å². The van der Waals surface area contributed by atoms with Crippen LogP contribution in [0.1, 0.15) is 22.8 Å². The average Bonchev–Trinajstić information content (AvgIpc) is 2.63. The Balaban J connectivity index is 2.01. The lowest BCUT2D eigenvalue weighted by Crippen LogP contribution is -2.17. The van der Waals surface area contributed by atoms with Crippen LogP contribution in [0.5, 0.6) is 17.2 Å². The zero-order valence-electron chi connectivity index (χ0n) is 13.9. The van der Waals surface area contributed by atoms with E-state index in [1.165, 1.54) is 0 Å². The highest BCUT2D eigenvalue weighted by Gasteiger charge is 2.05. The molecule has 0 atom stereocenters. The Morgan fingerprint density at radius 1 is 1.08 bits per heavy atom. The van der Waals surface area contributed by atoms with Gasteiger partial charge in [0.05, 0.1) is 27.0 Å². The second-order valence-electron chi connectivity index (χ2n) is 4.77. The molecule has 0 saturated carbocycles. The first-order valence-corrected chi connectivity index (χ1v) is 7.46. The monoisotopic (exact) mass is 328 g/mol. The highest BCUT2D eigenvalue weighted by Crippen LogP contribution is 2.27. The first-order chi connectivity index (χ1) is 11.7. The van der Waals surface area contributed by atoms with Gasteiger partial charge >= 0.3 is 0 Å². The smallest absolute Gasteiger partial charge is 0.271 e. The molecule has 0 spiro atoms. The van der Waals surface area contributed by atoms with Crippen molar-refractivity contribution in [2.45, 2.75) is 6.92 Å². The molecule has 0 saturated heterocycles. The molecule has 1 amide bonds. The molecule has 6 nitrogen and oxygen atoms in total. The van der Waals surface area contributed by atoms with Gasteiger partial charge in [0, 0.05) is 5.56 Å². The Morgan fingerprint density at radius 2 is 1.83 bits per heavy atom. The third kappa shape index (κ3) is 4.49. The maximum absolute atomic E-state index is 12.0. The number of carbonyl (C=O) groups is 1. The van der Waals surface area contributed by atoms with E-state index >= 15 is 0 Å². The number of benzene rings is 2. The lowest BCUT2D eigenvalue weighted by molar-refractivity contribution is 0.0955. The Morgan fingerprint density at radius 3 is 2.46 bits per heavy atom. The summed E-state index contributed by atoms with van der Waals surface area (Å²) in [6, 6.07) is 12.2. The van der Waals surface area contributed by atoms with Crippen LogP contribution >= 0.6 is 0 Å². The minimum Gasteiger partial charge on any atom is -0.497 e. The third-order valence-corrected chi connectivity index (χ3v) is 3.22. The van der Waals surface area contributed by atoms with E-state index in [4.69, 9.17) is 14.2 Å². The SMILES string of the molecule is CCOc1ccc(/C=N\NC(=O)c2ccc(OC)cc2)cc1OC. The van der Waals surface area contributed by atoms with E-state index in [0.29, 0.717) is 29.4 Å². The van der Waals surface area contributed by atoms with Gasteiger partial charge in [-0.25, -0.2) is 5.43 Å². The third-order valence-electron chi connectivity index (χ3n) is 3.22. The second kappa shape index (κ2) is 8.57. The summed E-state index contributed by atoms with van der Waals surface area (Å²) in [6.45, 7) is 2.46. The van der Waals surface area contributed by atoms with Crippen molar-refractivity contribution in [1.82, 2.24) is 5.43 Å². The molecule has 2 rings (SSSR count). The summed E-state index contributed by atoms with van der Waals surface area (Å²) < 4.78 is 15.8. The number of hydrogen-bond donors (Lipinski definition) is 1. The lowest BCUT2D eigenvalue weighted by atomic mass is 10.2. The molecule has 24 heavy (non-hydrogen) atoms. The Kier molecular flexibility index (Phi) is 6.19. The van der Waals surface area contributed by atoms with E-state index in [-0.39, 0.29) is 5.91 Å². The van der Waals surface area contributed by atoms with Gasteiger partial charge in [-0.3, -0.25) is 4.79 Å². The van der Waals surface area contributed by atoms with Crippen molar-refractivity contribution in [1.29, 1.82) is 0 Å². The van der Waals surface area contributed by atoms with Gasteiger partial charge < -0.3 is 14.2 Å². The van der Waals surface area contributed by atoms with E-state index < -0.39 is 0 Å². The number of rotatable bonds is 7. The first-order valence-electron chi connectivity index (χ1n) is 7.46. The van der Waals surface area contributed by atoms with E-state index in [2.05, 4.69) is 10.5 Å². The zero-order valence-corrected chi connectivity index (χ0v) is 13.9. The number of hydrogen-bond acceptors (Lipinski definition) is 5. The molecule has 2 aromatic rings. The van der Waals surface area contributed by atoms with Gasteiger partial charge in [-0.1, -0.05) is 0 Å². The summed E-state index contributed by atoms with van der Waals surface area (Å²) in [6.07, 6.45) is 1.54. The molecule has 0 aromatic heterocycles. The van der Waals surface area contributed by atoms with Crippen molar-refractivity contribution in [3.05, 3.63) is 53.6 Å². The minimum absolute atomic E-state index is 0.299. The standard InChI is InChI=1S/C18H20N2O4/c1-4-24-16-10-5-13(11-17(16)23-3)12-19-20-18(21)14-6-8-15(22-2)9-7-14/h5-12H,4H2,1-3H3,(H,20,21)/b19-12-. The van der Waals surface area contributed by atoms with Gasteiger partial charge in [0.25, 0.3) is 5.91 Å². The number of amides is 1. The number of nitrogens with zero attached hydrogens (tertiary/aromatic N) is 1. The molecule has 0 aliphatic heterocycles. The fourth-order valence-electron chi connectivity index (χ4n) is 2.01. The van der Waals surface area contributed by atoms with Gasteiger partial charge in [-0.2, -0.15) is 5.10 Å². The van der Waals surface area contributed by atoms with Crippen molar-refractivity contribution in [2.24, 2.45) is 5.10 Å². The van der Waals surface area contributed by atoms with Crippen LogP contribution in [0.25, 0.3) is 0 Å². The molecule has 0 aliphatic carbocycles. The van der Waals surface area contributed by atoms with Crippen molar-refractivity contribution < 1.29 is 19.0 Å². The van der Waals surface area contributed by atoms with Gasteiger partial charge in [0.15, 0.2) is 11.5 Å². The molecule has 2 aromatic carbocycles. The molecule has 0 fully saturated rings. The van der Waals surface area contributed by atoms with Crippen molar-refractivity contribution in [3.63, 3.8) is 0 Å². The van der Waals surface area contributed by atoms with Gasteiger partial charge in [0.2, 0.25) is 0 Å². The molecular formula is C18H20N2O4. The molecule has 1 N–H and O–H groups in total. The summed E-state index contributed by atoms with van der Waals surface area (Å²) in [5, 5.41) is 3.96. The summed E-state index contributed by atoms with van der Waals surface area (Å²) >= 11 is 0. The van der Waals surface area contributed by atoms with Crippen LogP contribution in [0.2, 0.25) is 0 Å². The van der Waals surface area contributed by atoms with E-state index in [0.717, 1.165) is 5.56 Å². The molecule has 0 bridgehead atoms. The summed E-state index contributed by atoms with van der Waals surface area (Å²) in [5.41, 5.74) is 3.76. The van der Waals surface area contributed by atoms with Gasteiger partial charge in [-0.15, -0.1) is 0 Å². The van der Waals surface area contributed by atoms with E-state index in [1.54, 1.807) is 56.8 Å².